The van der Waals surface area contributed by atoms with Gasteiger partial charge in [-0.3, -0.25) is 0 Å². The van der Waals surface area contributed by atoms with Crippen molar-refractivity contribution in [3.05, 3.63) is 12.6 Å². The fourth-order valence-corrected chi connectivity index (χ4v) is 18.5. The minimum absolute atomic E-state index is 0.998. The Labute approximate surface area is 148 Å². The van der Waals surface area contributed by atoms with Crippen molar-refractivity contribution >= 4 is 22.1 Å². The number of aromatic nitrogens is 3. The fraction of sp³-hybridized carbons (Fsp3) is 0.842. The van der Waals surface area contributed by atoms with Gasteiger partial charge < -0.3 is 0 Å². The Balaban J connectivity index is 2.89. The minimum atomic E-state index is -2.35. The van der Waals surface area contributed by atoms with Crippen LogP contribution in [0.1, 0.15) is 79.1 Å². The zero-order valence-electron chi connectivity index (χ0n) is 16.0. The summed E-state index contributed by atoms with van der Waals surface area (Å²) in [5.41, 5.74) is 0. The van der Waals surface area contributed by atoms with Gasteiger partial charge in [-0.2, -0.15) is 0 Å². The van der Waals surface area contributed by atoms with E-state index in [2.05, 4.69) is 50.2 Å². The number of rotatable bonds is 14. The second kappa shape index (κ2) is 12.3. The van der Waals surface area contributed by atoms with Crippen LogP contribution in [0.3, 0.4) is 0 Å². The molecule has 0 saturated carbocycles. The molecular formula is C19H38N3Sn. The van der Waals surface area contributed by atoms with Gasteiger partial charge in [-0.05, 0) is 0 Å². The second-order valence-electron chi connectivity index (χ2n) is 6.94. The first kappa shape index (κ1) is 21.0. The molecule has 1 rings (SSSR count). The van der Waals surface area contributed by atoms with Gasteiger partial charge in [0.15, 0.2) is 0 Å². The molecule has 0 saturated heterocycles. The molecule has 0 N–H and O–H groups in total. The third-order valence-corrected chi connectivity index (χ3v) is 19.9. The maximum absolute atomic E-state index is 4.72. The Kier molecular flexibility index (Phi) is 11.2. The van der Waals surface area contributed by atoms with Crippen LogP contribution in [0.4, 0.5) is 0 Å². The molecule has 1 heterocycles. The molecule has 0 fully saturated rings. The van der Waals surface area contributed by atoms with Gasteiger partial charge in [0.1, 0.15) is 0 Å². The van der Waals surface area contributed by atoms with Gasteiger partial charge in [-0.25, -0.2) is 0 Å². The molecule has 0 aliphatic heterocycles. The molecule has 1 aromatic heterocycles. The number of hydrogen-bond donors (Lipinski definition) is 0. The SMILES string of the molecule is CC[CH]CCn1c[c]([Sn]([CH2]CCC)([CH2]CCC)[CH2]CCC)nn1. The quantitative estimate of drug-likeness (QED) is 0.297. The summed E-state index contributed by atoms with van der Waals surface area (Å²) >= 11 is -2.35. The Morgan fingerprint density at radius 2 is 1.52 bits per heavy atom. The van der Waals surface area contributed by atoms with Crippen molar-refractivity contribution < 1.29 is 0 Å². The van der Waals surface area contributed by atoms with Crippen molar-refractivity contribution in [1.29, 1.82) is 0 Å². The summed E-state index contributed by atoms with van der Waals surface area (Å²) in [6.45, 7) is 10.2. The predicted molar refractivity (Wildman–Crippen MR) is 104 cm³/mol. The summed E-state index contributed by atoms with van der Waals surface area (Å²) < 4.78 is 8.00. The molecule has 1 aromatic rings. The van der Waals surface area contributed by atoms with E-state index in [1.54, 1.807) is 0 Å². The van der Waals surface area contributed by atoms with E-state index >= 15 is 0 Å². The molecule has 0 amide bonds. The third kappa shape index (κ3) is 7.14. The number of hydrogen-bond acceptors (Lipinski definition) is 2. The predicted octanol–water partition coefficient (Wildman–Crippen LogP) is 5.34. The summed E-state index contributed by atoms with van der Waals surface area (Å²) in [5.74, 6) is 0. The number of aryl methyl sites for hydroxylation is 1. The fourth-order valence-electron chi connectivity index (χ4n) is 3.38. The van der Waals surface area contributed by atoms with Crippen LogP contribution >= 0.6 is 0 Å². The van der Waals surface area contributed by atoms with Gasteiger partial charge in [-0.1, -0.05) is 0 Å². The molecule has 0 aliphatic rings. The first-order valence-electron chi connectivity index (χ1n) is 9.94. The third-order valence-electron chi connectivity index (χ3n) is 4.96. The Morgan fingerprint density at radius 1 is 0.957 bits per heavy atom. The van der Waals surface area contributed by atoms with Crippen molar-refractivity contribution in [3.63, 3.8) is 0 Å². The molecule has 1 radical (unpaired) electrons. The topological polar surface area (TPSA) is 30.7 Å². The summed E-state index contributed by atoms with van der Waals surface area (Å²) in [7, 11) is 0. The first-order chi connectivity index (χ1) is 11.2. The first-order valence-corrected chi connectivity index (χ1v) is 17.4. The number of nitrogens with zero attached hydrogens (tertiary/aromatic N) is 3. The van der Waals surface area contributed by atoms with E-state index in [9.17, 15) is 0 Å². The zero-order valence-corrected chi connectivity index (χ0v) is 18.8. The molecular weight excluding hydrogens is 389 g/mol. The molecule has 0 atom stereocenters. The molecule has 0 bridgehead atoms. The van der Waals surface area contributed by atoms with Gasteiger partial charge in [0.2, 0.25) is 0 Å². The Bertz CT molecular complexity index is 381. The van der Waals surface area contributed by atoms with E-state index in [0.717, 1.165) is 19.4 Å². The van der Waals surface area contributed by atoms with Crippen LogP contribution in [0.15, 0.2) is 6.20 Å². The summed E-state index contributed by atoms with van der Waals surface area (Å²) in [4.78, 5) is 0. The summed E-state index contributed by atoms with van der Waals surface area (Å²) in [6.07, 6.45) is 15.0. The second-order valence-corrected chi connectivity index (χ2v) is 20.0. The average Bonchev–Trinajstić information content (AvgIpc) is 3.04. The van der Waals surface area contributed by atoms with Crippen LogP contribution in [0.2, 0.25) is 13.3 Å². The van der Waals surface area contributed by atoms with E-state index in [1.165, 1.54) is 55.5 Å². The van der Waals surface area contributed by atoms with Gasteiger partial charge in [-0.15, -0.1) is 0 Å². The molecule has 0 spiro atoms. The van der Waals surface area contributed by atoms with Crippen molar-refractivity contribution in [3.8, 4) is 0 Å². The van der Waals surface area contributed by atoms with E-state index in [-0.39, 0.29) is 0 Å². The zero-order chi connectivity index (χ0) is 17.0. The Morgan fingerprint density at radius 3 is 2.00 bits per heavy atom. The van der Waals surface area contributed by atoms with Crippen molar-refractivity contribution in [1.82, 2.24) is 15.0 Å². The molecule has 0 unspecified atom stereocenters. The molecule has 4 heteroatoms. The Hall–Kier alpha value is -0.0613. The molecule has 3 nitrogen and oxygen atoms in total. The maximum atomic E-state index is 4.72. The standard InChI is InChI=1S/C7H11N3.3C4H9.Sn/c1-2-3-4-6-10-7-5-8-9-10;3*1-3-4-2;/h3,7H,2,4,6H2,1H3;3*1,3-4H2,2H3;. The normalized spacial score (nSPS) is 12.0. The molecule has 23 heavy (non-hydrogen) atoms. The van der Waals surface area contributed by atoms with Crippen LogP contribution < -0.4 is 3.71 Å². The van der Waals surface area contributed by atoms with Gasteiger partial charge in [0.25, 0.3) is 0 Å². The van der Waals surface area contributed by atoms with E-state index in [4.69, 9.17) is 5.10 Å². The van der Waals surface area contributed by atoms with E-state index in [0.29, 0.717) is 0 Å². The van der Waals surface area contributed by atoms with E-state index in [1.807, 2.05) is 0 Å². The van der Waals surface area contributed by atoms with Crippen LogP contribution in [-0.4, -0.2) is 33.4 Å². The van der Waals surface area contributed by atoms with Crippen LogP contribution in [0.25, 0.3) is 0 Å². The molecule has 0 aromatic carbocycles. The number of unbranched alkanes of at least 4 members (excludes halogenated alkanes) is 5. The summed E-state index contributed by atoms with van der Waals surface area (Å²) in [6, 6.07) is 0. The average molecular weight is 427 g/mol. The van der Waals surface area contributed by atoms with Crippen LogP contribution in [0.5, 0.6) is 0 Å². The van der Waals surface area contributed by atoms with Crippen molar-refractivity contribution in [2.45, 2.75) is 98.9 Å². The molecule has 133 valence electrons. The van der Waals surface area contributed by atoms with Crippen LogP contribution in [0, 0.1) is 6.42 Å². The van der Waals surface area contributed by atoms with Crippen LogP contribution in [-0.2, 0) is 6.54 Å². The van der Waals surface area contributed by atoms with E-state index < -0.39 is 18.4 Å². The van der Waals surface area contributed by atoms with Gasteiger partial charge >= 0.3 is 149 Å². The molecule has 0 aliphatic carbocycles. The van der Waals surface area contributed by atoms with Crippen molar-refractivity contribution in [2.24, 2.45) is 0 Å². The van der Waals surface area contributed by atoms with Gasteiger partial charge in [0.05, 0.1) is 0 Å². The monoisotopic (exact) mass is 428 g/mol. The van der Waals surface area contributed by atoms with Crippen molar-refractivity contribution in [2.75, 3.05) is 0 Å². The van der Waals surface area contributed by atoms with Gasteiger partial charge in [0, 0.05) is 0 Å². The summed E-state index contributed by atoms with van der Waals surface area (Å²) in [5, 5.41) is 9.20.